The van der Waals surface area contributed by atoms with E-state index in [-0.39, 0.29) is 38.1 Å². The van der Waals surface area contributed by atoms with E-state index in [4.69, 9.17) is 17.3 Å². The highest BCUT2D eigenvalue weighted by Gasteiger charge is 2.37. The second kappa shape index (κ2) is 10.1. The standard InChI is InChI=1S/C25H26ClN7O3/c26-17-2-4-20-16(8-17)9-18(31-20)11-32-12-22(25(36)28-5-6-34)33(23(35)13-32)10-15-1-3-19-21(7-15)29-14-30-24(19)27/h1-4,7-9,14,22,31,34H,5-6,10-13H2,(H,28,36)(H2,27,29,30). The summed E-state index contributed by atoms with van der Waals surface area (Å²) in [6.45, 7) is 1.17. The molecule has 0 bridgehead atoms. The van der Waals surface area contributed by atoms with E-state index in [9.17, 15) is 14.7 Å². The molecule has 2 amide bonds. The lowest BCUT2D eigenvalue weighted by molar-refractivity contribution is -0.148. The summed E-state index contributed by atoms with van der Waals surface area (Å²) in [7, 11) is 0. The number of aromatic amines is 1. The fraction of sp³-hybridized carbons (Fsp3) is 0.280. The van der Waals surface area contributed by atoms with Crippen LogP contribution in [-0.2, 0) is 22.7 Å². The molecule has 0 spiro atoms. The predicted octanol–water partition coefficient (Wildman–Crippen LogP) is 1.67. The molecule has 3 heterocycles. The van der Waals surface area contributed by atoms with Crippen LogP contribution in [0.3, 0.4) is 0 Å². The van der Waals surface area contributed by atoms with Gasteiger partial charge in [-0.3, -0.25) is 14.5 Å². The van der Waals surface area contributed by atoms with Crippen molar-refractivity contribution in [2.45, 2.75) is 19.1 Å². The van der Waals surface area contributed by atoms with Crippen LogP contribution in [0.5, 0.6) is 0 Å². The van der Waals surface area contributed by atoms with Crippen molar-refractivity contribution in [3.05, 3.63) is 65.1 Å². The van der Waals surface area contributed by atoms with Gasteiger partial charge in [0.05, 0.1) is 18.7 Å². The van der Waals surface area contributed by atoms with Crippen LogP contribution >= 0.6 is 11.6 Å². The number of nitrogens with two attached hydrogens (primary N) is 1. The Kier molecular flexibility index (Phi) is 6.73. The fourth-order valence-corrected chi connectivity index (χ4v) is 4.79. The van der Waals surface area contributed by atoms with Gasteiger partial charge in [-0.25, -0.2) is 9.97 Å². The smallest absolute Gasteiger partial charge is 0.244 e. The zero-order valence-electron chi connectivity index (χ0n) is 19.4. The number of rotatable bonds is 7. The third-order valence-corrected chi connectivity index (χ3v) is 6.55. The highest BCUT2D eigenvalue weighted by molar-refractivity contribution is 6.31. The van der Waals surface area contributed by atoms with Crippen LogP contribution in [0.25, 0.3) is 21.8 Å². The SMILES string of the molecule is Nc1ncnc2cc(CN3C(=O)CN(Cc4cc5cc(Cl)ccc5[nH]4)CC3C(=O)NCCO)ccc12. The summed E-state index contributed by atoms with van der Waals surface area (Å²) in [6.07, 6.45) is 1.40. The van der Waals surface area contributed by atoms with E-state index in [1.807, 2.05) is 47.4 Å². The Morgan fingerprint density at radius 1 is 1.19 bits per heavy atom. The molecule has 5 rings (SSSR count). The molecule has 1 aliphatic heterocycles. The highest BCUT2D eigenvalue weighted by Crippen LogP contribution is 2.24. The molecular formula is C25H26ClN7O3. The maximum Gasteiger partial charge on any atom is 0.244 e. The number of hydrogen-bond acceptors (Lipinski definition) is 7. The van der Waals surface area contributed by atoms with Gasteiger partial charge in [0.25, 0.3) is 0 Å². The van der Waals surface area contributed by atoms with Gasteiger partial charge in [-0.15, -0.1) is 0 Å². The topological polar surface area (TPSA) is 140 Å². The number of piperazine rings is 1. The third kappa shape index (κ3) is 4.97. The molecule has 0 radical (unpaired) electrons. The van der Waals surface area contributed by atoms with Crippen LogP contribution < -0.4 is 11.1 Å². The highest BCUT2D eigenvalue weighted by atomic mass is 35.5. The second-order valence-corrected chi connectivity index (χ2v) is 9.29. The Balaban J connectivity index is 1.37. The van der Waals surface area contributed by atoms with Crippen LogP contribution in [0.4, 0.5) is 5.82 Å². The minimum absolute atomic E-state index is 0.117. The van der Waals surface area contributed by atoms with E-state index in [0.29, 0.717) is 29.4 Å². The van der Waals surface area contributed by atoms with E-state index >= 15 is 0 Å². The average molecular weight is 508 g/mol. The number of anilines is 1. The van der Waals surface area contributed by atoms with Crippen molar-refractivity contribution < 1.29 is 14.7 Å². The summed E-state index contributed by atoms with van der Waals surface area (Å²) in [4.78, 5) is 41.5. The number of aliphatic hydroxyl groups is 1. The molecule has 4 aromatic rings. The van der Waals surface area contributed by atoms with Crippen molar-refractivity contribution in [2.24, 2.45) is 0 Å². The molecule has 1 unspecified atom stereocenters. The van der Waals surface area contributed by atoms with E-state index in [2.05, 4.69) is 20.3 Å². The number of amides is 2. The molecule has 1 fully saturated rings. The van der Waals surface area contributed by atoms with Crippen molar-refractivity contribution in [3.8, 4) is 0 Å². The van der Waals surface area contributed by atoms with Gasteiger partial charge >= 0.3 is 0 Å². The van der Waals surface area contributed by atoms with Crippen LogP contribution in [0.15, 0.2) is 48.8 Å². The molecule has 1 aliphatic rings. The number of aromatic nitrogens is 3. The summed E-state index contributed by atoms with van der Waals surface area (Å²) in [6, 6.07) is 12.4. The maximum atomic E-state index is 13.3. The molecule has 186 valence electrons. The molecule has 5 N–H and O–H groups in total. The number of carbonyl (C=O) groups is 2. The van der Waals surface area contributed by atoms with Crippen LogP contribution in [0.1, 0.15) is 11.3 Å². The summed E-state index contributed by atoms with van der Waals surface area (Å²) in [5.41, 5.74) is 9.31. The Morgan fingerprint density at radius 3 is 2.89 bits per heavy atom. The van der Waals surface area contributed by atoms with Crippen molar-refractivity contribution >= 4 is 51.0 Å². The van der Waals surface area contributed by atoms with E-state index < -0.39 is 6.04 Å². The van der Waals surface area contributed by atoms with E-state index in [0.717, 1.165) is 27.5 Å². The number of halogens is 1. The van der Waals surface area contributed by atoms with E-state index in [1.54, 1.807) is 4.90 Å². The number of benzene rings is 2. The van der Waals surface area contributed by atoms with Gasteiger partial charge in [-0.2, -0.15) is 0 Å². The quantitative estimate of drug-likeness (QED) is 0.298. The number of H-pyrrole nitrogens is 1. The molecule has 0 saturated carbocycles. The molecule has 0 aliphatic carbocycles. The van der Waals surface area contributed by atoms with Gasteiger partial charge in [0, 0.05) is 53.2 Å². The van der Waals surface area contributed by atoms with Crippen molar-refractivity contribution in [1.29, 1.82) is 0 Å². The zero-order chi connectivity index (χ0) is 25.2. The predicted molar refractivity (Wildman–Crippen MR) is 137 cm³/mol. The number of nitrogens with one attached hydrogen (secondary N) is 2. The molecule has 2 aromatic heterocycles. The summed E-state index contributed by atoms with van der Waals surface area (Å²) < 4.78 is 0. The molecule has 2 aromatic carbocycles. The lowest BCUT2D eigenvalue weighted by Crippen LogP contribution is -2.61. The summed E-state index contributed by atoms with van der Waals surface area (Å²) in [5.74, 6) is -0.0820. The van der Waals surface area contributed by atoms with Gasteiger partial charge in [0.1, 0.15) is 18.2 Å². The van der Waals surface area contributed by atoms with Crippen molar-refractivity contribution in [2.75, 3.05) is 32.0 Å². The molecule has 1 atom stereocenters. The minimum Gasteiger partial charge on any atom is -0.395 e. The van der Waals surface area contributed by atoms with Gasteiger partial charge in [0.15, 0.2) is 0 Å². The van der Waals surface area contributed by atoms with Crippen LogP contribution in [0, 0.1) is 0 Å². The first kappa shape index (κ1) is 24.0. The molecule has 10 nitrogen and oxygen atoms in total. The summed E-state index contributed by atoms with van der Waals surface area (Å²) >= 11 is 6.11. The van der Waals surface area contributed by atoms with Gasteiger partial charge in [-0.1, -0.05) is 17.7 Å². The number of aliphatic hydroxyl groups excluding tert-OH is 1. The molecule has 36 heavy (non-hydrogen) atoms. The van der Waals surface area contributed by atoms with Gasteiger partial charge in [-0.05, 0) is 42.0 Å². The minimum atomic E-state index is -0.720. The van der Waals surface area contributed by atoms with E-state index in [1.165, 1.54) is 6.33 Å². The lowest BCUT2D eigenvalue weighted by Gasteiger charge is -2.40. The largest absolute Gasteiger partial charge is 0.395 e. The fourth-order valence-electron chi connectivity index (χ4n) is 4.61. The van der Waals surface area contributed by atoms with Gasteiger partial charge in [0.2, 0.25) is 11.8 Å². The summed E-state index contributed by atoms with van der Waals surface area (Å²) in [5, 5.41) is 14.3. The van der Waals surface area contributed by atoms with Crippen molar-refractivity contribution in [1.82, 2.24) is 30.1 Å². The number of hydrogen-bond donors (Lipinski definition) is 4. The number of carbonyl (C=O) groups excluding carboxylic acids is 2. The average Bonchev–Trinajstić information content (AvgIpc) is 3.25. The Bertz CT molecular complexity index is 1440. The first-order valence-electron chi connectivity index (χ1n) is 11.6. The van der Waals surface area contributed by atoms with Crippen LogP contribution in [-0.4, -0.2) is 74.0 Å². The maximum absolute atomic E-state index is 13.3. The van der Waals surface area contributed by atoms with Crippen LogP contribution in [0.2, 0.25) is 5.02 Å². The number of nitrogens with zero attached hydrogens (tertiary/aromatic N) is 4. The van der Waals surface area contributed by atoms with Crippen molar-refractivity contribution in [3.63, 3.8) is 0 Å². The Labute approximate surface area is 212 Å². The second-order valence-electron chi connectivity index (χ2n) is 8.86. The normalized spacial score (nSPS) is 16.7. The molecule has 1 saturated heterocycles. The van der Waals surface area contributed by atoms with Gasteiger partial charge < -0.3 is 26.0 Å². The molecular weight excluding hydrogens is 482 g/mol. The number of nitrogen functional groups attached to an aromatic ring is 1. The Hall–Kier alpha value is -3.73. The lowest BCUT2D eigenvalue weighted by atomic mass is 10.1. The third-order valence-electron chi connectivity index (χ3n) is 6.32. The zero-order valence-corrected chi connectivity index (χ0v) is 20.2. The first-order chi connectivity index (χ1) is 17.4. The Morgan fingerprint density at radius 2 is 2.06 bits per heavy atom. The number of fused-ring (bicyclic) bond motifs is 2. The monoisotopic (exact) mass is 507 g/mol. The first-order valence-corrected chi connectivity index (χ1v) is 12.0. The molecule has 11 heteroatoms.